The van der Waals surface area contributed by atoms with Gasteiger partial charge in [0.05, 0.1) is 5.92 Å². The molecule has 28 heavy (non-hydrogen) atoms. The van der Waals surface area contributed by atoms with Crippen LogP contribution in [-0.2, 0) is 33.4 Å². The Morgan fingerprint density at radius 3 is 1.89 bits per heavy atom. The number of nitrogens with one attached hydrogen (secondary N) is 1. The Balaban J connectivity index is 4.69. The normalized spacial score (nSPS) is 12.0. The van der Waals surface area contributed by atoms with Crippen molar-refractivity contribution in [1.29, 1.82) is 5.41 Å². The molecule has 158 valence electrons. The minimum absolute atomic E-state index is 0.00400. The fourth-order valence-corrected chi connectivity index (χ4v) is 2.15. The highest BCUT2D eigenvalue weighted by Crippen LogP contribution is 2.30. The zero-order valence-electron chi connectivity index (χ0n) is 16.2. The molecule has 0 aliphatic heterocycles. The standard InChI is InChI=1S/C18H27NO9/c1-18(2,3)11(17(26)28-16(25)9-5-7-14(22)23)10-12(19)27-15(24)8-4-6-13(20)21/h11,19H,4-10H2,1-3H3,(H,20,21)(H,22,23)/p-1. The quantitative estimate of drug-likeness (QED) is 0.220. The van der Waals surface area contributed by atoms with Crippen molar-refractivity contribution in [1.82, 2.24) is 0 Å². The molecule has 0 saturated carbocycles. The van der Waals surface area contributed by atoms with Crippen LogP contribution in [0.25, 0.3) is 0 Å². The van der Waals surface area contributed by atoms with Gasteiger partial charge in [0.1, 0.15) is 0 Å². The Morgan fingerprint density at radius 2 is 1.43 bits per heavy atom. The van der Waals surface area contributed by atoms with Crippen molar-refractivity contribution in [3.8, 4) is 0 Å². The fourth-order valence-electron chi connectivity index (χ4n) is 2.15. The number of carbonyl (C=O) groups is 5. The molecule has 1 atom stereocenters. The zero-order chi connectivity index (χ0) is 21.9. The number of esters is 3. The van der Waals surface area contributed by atoms with Gasteiger partial charge in [0, 0.05) is 31.7 Å². The van der Waals surface area contributed by atoms with Gasteiger partial charge < -0.3 is 24.5 Å². The molecule has 0 aromatic rings. The summed E-state index contributed by atoms with van der Waals surface area (Å²) in [4.78, 5) is 56.3. The molecule has 0 aliphatic rings. The summed E-state index contributed by atoms with van der Waals surface area (Å²) in [6, 6.07) is 0. The van der Waals surface area contributed by atoms with Crippen molar-refractivity contribution in [2.24, 2.45) is 11.3 Å². The summed E-state index contributed by atoms with van der Waals surface area (Å²) in [5.74, 6) is -6.41. The lowest BCUT2D eigenvalue weighted by molar-refractivity contribution is -0.305. The summed E-state index contributed by atoms with van der Waals surface area (Å²) < 4.78 is 9.52. The van der Waals surface area contributed by atoms with Crippen LogP contribution in [0, 0.1) is 16.7 Å². The summed E-state index contributed by atoms with van der Waals surface area (Å²) in [6.07, 6.45) is -1.27. The lowest BCUT2D eigenvalue weighted by atomic mass is 9.78. The summed E-state index contributed by atoms with van der Waals surface area (Å²) in [5.41, 5.74) is -0.716. The summed E-state index contributed by atoms with van der Waals surface area (Å²) in [6.45, 7) is 5.05. The monoisotopic (exact) mass is 400 g/mol. The molecule has 0 bridgehead atoms. The number of carbonyl (C=O) groups excluding carboxylic acids is 4. The fraction of sp³-hybridized carbons (Fsp3) is 0.667. The predicted octanol–water partition coefficient (Wildman–Crippen LogP) is 0.804. The molecule has 0 radical (unpaired) electrons. The van der Waals surface area contributed by atoms with Crippen LogP contribution >= 0.6 is 0 Å². The molecular weight excluding hydrogens is 374 g/mol. The molecule has 0 aliphatic carbocycles. The molecule has 0 heterocycles. The van der Waals surface area contributed by atoms with E-state index in [1.54, 1.807) is 20.8 Å². The minimum Gasteiger partial charge on any atom is -0.550 e. The van der Waals surface area contributed by atoms with E-state index in [1.165, 1.54) is 0 Å². The molecule has 0 saturated heterocycles. The lowest BCUT2D eigenvalue weighted by Crippen LogP contribution is -2.34. The first kappa shape index (κ1) is 25.2. The second-order valence-corrected chi connectivity index (χ2v) is 7.29. The highest BCUT2D eigenvalue weighted by atomic mass is 16.6. The molecule has 10 heteroatoms. The predicted molar refractivity (Wildman–Crippen MR) is 92.8 cm³/mol. The van der Waals surface area contributed by atoms with Gasteiger partial charge in [0.25, 0.3) is 0 Å². The van der Waals surface area contributed by atoms with E-state index in [1.807, 2.05) is 0 Å². The van der Waals surface area contributed by atoms with Crippen LogP contribution in [0.4, 0.5) is 0 Å². The average Bonchev–Trinajstić information content (AvgIpc) is 2.50. The van der Waals surface area contributed by atoms with Gasteiger partial charge >= 0.3 is 23.9 Å². The second-order valence-electron chi connectivity index (χ2n) is 7.29. The highest BCUT2D eigenvalue weighted by molar-refractivity contribution is 5.92. The molecule has 0 aromatic heterocycles. The Labute approximate surface area is 162 Å². The lowest BCUT2D eigenvalue weighted by Gasteiger charge is -2.28. The van der Waals surface area contributed by atoms with Gasteiger partial charge in [-0.05, 0) is 24.7 Å². The third-order valence-corrected chi connectivity index (χ3v) is 3.70. The number of aliphatic carboxylic acids is 2. The van der Waals surface area contributed by atoms with E-state index in [2.05, 4.69) is 0 Å². The first-order chi connectivity index (χ1) is 12.8. The number of rotatable bonds is 11. The Morgan fingerprint density at radius 1 is 0.929 bits per heavy atom. The van der Waals surface area contributed by atoms with Gasteiger partial charge in [-0.1, -0.05) is 20.8 Å². The van der Waals surface area contributed by atoms with E-state index in [0.29, 0.717) is 0 Å². The third-order valence-electron chi connectivity index (χ3n) is 3.70. The number of carboxylic acids is 2. The Kier molecular flexibility index (Phi) is 10.7. The topological polar surface area (TPSA) is 171 Å². The first-order valence-corrected chi connectivity index (χ1v) is 8.77. The highest BCUT2D eigenvalue weighted by Gasteiger charge is 2.35. The molecular formula is C18H26NO9-. The molecule has 0 spiro atoms. The average molecular weight is 400 g/mol. The summed E-state index contributed by atoms with van der Waals surface area (Å²) in [5, 5.41) is 26.6. The maximum Gasteiger partial charge on any atom is 0.317 e. The van der Waals surface area contributed by atoms with Crippen LogP contribution in [0.3, 0.4) is 0 Å². The molecule has 0 amide bonds. The summed E-state index contributed by atoms with van der Waals surface area (Å²) in [7, 11) is 0. The van der Waals surface area contributed by atoms with E-state index in [0.717, 1.165) is 0 Å². The van der Waals surface area contributed by atoms with Gasteiger partial charge in [-0.25, -0.2) is 0 Å². The maximum atomic E-state index is 12.3. The van der Waals surface area contributed by atoms with Crippen LogP contribution in [-0.4, -0.2) is 40.9 Å². The first-order valence-electron chi connectivity index (χ1n) is 8.77. The third kappa shape index (κ3) is 11.8. The van der Waals surface area contributed by atoms with Gasteiger partial charge in [-0.2, -0.15) is 0 Å². The molecule has 0 fully saturated rings. The molecule has 10 nitrogen and oxygen atoms in total. The number of ether oxygens (including phenoxy) is 2. The largest absolute Gasteiger partial charge is 0.550 e. The van der Waals surface area contributed by atoms with Gasteiger partial charge in [0.15, 0.2) is 5.90 Å². The van der Waals surface area contributed by atoms with Crippen molar-refractivity contribution < 1.29 is 43.7 Å². The number of carboxylic acid groups (broad SMARTS) is 2. The van der Waals surface area contributed by atoms with Crippen LogP contribution in [0.5, 0.6) is 0 Å². The second kappa shape index (κ2) is 11.8. The maximum absolute atomic E-state index is 12.3. The van der Waals surface area contributed by atoms with Crippen molar-refractivity contribution in [3.05, 3.63) is 0 Å². The van der Waals surface area contributed by atoms with Crippen LogP contribution in [0.2, 0.25) is 0 Å². The molecule has 1 unspecified atom stereocenters. The van der Waals surface area contributed by atoms with Crippen molar-refractivity contribution in [3.63, 3.8) is 0 Å². The molecule has 0 aromatic carbocycles. The van der Waals surface area contributed by atoms with Crippen LogP contribution < -0.4 is 5.11 Å². The van der Waals surface area contributed by atoms with Crippen LogP contribution in [0.15, 0.2) is 0 Å². The van der Waals surface area contributed by atoms with E-state index in [9.17, 15) is 29.1 Å². The van der Waals surface area contributed by atoms with E-state index < -0.39 is 47.1 Å². The Hall–Kier alpha value is -2.78. The van der Waals surface area contributed by atoms with Crippen molar-refractivity contribution in [2.75, 3.05) is 0 Å². The van der Waals surface area contributed by atoms with E-state index in [-0.39, 0.29) is 44.9 Å². The van der Waals surface area contributed by atoms with Gasteiger partial charge in [-0.3, -0.25) is 24.6 Å². The summed E-state index contributed by atoms with van der Waals surface area (Å²) >= 11 is 0. The number of hydrogen-bond acceptors (Lipinski definition) is 9. The van der Waals surface area contributed by atoms with Crippen molar-refractivity contribution >= 4 is 35.7 Å². The van der Waals surface area contributed by atoms with E-state index >= 15 is 0 Å². The molecule has 0 rings (SSSR count). The van der Waals surface area contributed by atoms with Gasteiger partial charge in [-0.15, -0.1) is 0 Å². The Bertz CT molecular complexity index is 619. The van der Waals surface area contributed by atoms with Gasteiger partial charge in [0.2, 0.25) is 0 Å². The minimum atomic E-state index is -1.30. The smallest absolute Gasteiger partial charge is 0.317 e. The zero-order valence-corrected chi connectivity index (χ0v) is 16.2. The van der Waals surface area contributed by atoms with Crippen molar-refractivity contribution in [2.45, 2.75) is 65.7 Å². The SMILES string of the molecule is CC(C)(C)C(CC(=N)OC(=O)CCCC(=O)[O-])C(=O)OC(=O)CCCC(=O)O. The number of hydrogen-bond donors (Lipinski definition) is 2. The van der Waals surface area contributed by atoms with E-state index in [4.69, 9.17) is 20.0 Å². The van der Waals surface area contributed by atoms with Crippen LogP contribution in [0.1, 0.15) is 65.7 Å². The molecule has 2 N–H and O–H groups in total.